The molecular weight excluding hydrogens is 416 g/mol. The van der Waals surface area contributed by atoms with Crippen LogP contribution in [-0.4, -0.2) is 72.4 Å². The van der Waals surface area contributed by atoms with Crippen LogP contribution in [0.2, 0.25) is 0 Å². The molecule has 2 aliphatic rings. The Morgan fingerprint density at radius 2 is 1.85 bits per heavy atom. The zero-order chi connectivity index (χ0) is 22.4. The largest absolute Gasteiger partial charge is 0.379 e. The number of aromatic nitrogens is 6. The highest BCUT2D eigenvalue weighted by atomic mass is 16.5. The Kier molecular flexibility index (Phi) is 5.22. The number of hydrogen-bond donors (Lipinski definition) is 1. The van der Waals surface area contributed by atoms with Gasteiger partial charge in [-0.1, -0.05) is 0 Å². The summed E-state index contributed by atoms with van der Waals surface area (Å²) in [6.45, 7) is 5.87. The number of nitrogens with one attached hydrogen (secondary N) is 1. The van der Waals surface area contributed by atoms with Gasteiger partial charge in [-0.3, -0.25) is 4.90 Å². The van der Waals surface area contributed by atoms with Gasteiger partial charge in [0.15, 0.2) is 5.65 Å². The van der Waals surface area contributed by atoms with Crippen molar-refractivity contribution < 1.29 is 4.74 Å². The van der Waals surface area contributed by atoms with Crippen LogP contribution in [0.1, 0.15) is 31.5 Å². The van der Waals surface area contributed by atoms with Crippen LogP contribution in [0.15, 0.2) is 30.6 Å². The summed E-state index contributed by atoms with van der Waals surface area (Å²) in [5.41, 5.74) is 4.67. The third-order valence-corrected chi connectivity index (χ3v) is 7.22. The van der Waals surface area contributed by atoms with Crippen molar-refractivity contribution in [3.8, 4) is 11.3 Å². The van der Waals surface area contributed by atoms with E-state index in [4.69, 9.17) is 14.8 Å². The Bertz CT molecular complexity index is 1280. The van der Waals surface area contributed by atoms with Gasteiger partial charge in [0.25, 0.3) is 0 Å². The van der Waals surface area contributed by atoms with Gasteiger partial charge in [0.2, 0.25) is 5.95 Å². The highest BCUT2D eigenvalue weighted by molar-refractivity contribution is 5.82. The third-order valence-electron chi connectivity index (χ3n) is 7.22. The number of rotatable bonds is 4. The van der Waals surface area contributed by atoms with Gasteiger partial charge >= 0.3 is 0 Å². The van der Waals surface area contributed by atoms with Crippen LogP contribution < -0.4 is 5.32 Å². The Morgan fingerprint density at radius 1 is 1.03 bits per heavy atom. The van der Waals surface area contributed by atoms with Crippen molar-refractivity contribution in [1.29, 1.82) is 0 Å². The second-order valence-electron chi connectivity index (χ2n) is 9.20. The minimum atomic E-state index is 0.423. The summed E-state index contributed by atoms with van der Waals surface area (Å²) in [6.07, 6.45) is 8.60. The molecule has 6 rings (SSSR count). The lowest BCUT2D eigenvalue weighted by atomic mass is 9.90. The molecule has 1 aliphatic heterocycles. The number of imidazole rings is 1. The Balaban J connectivity index is 1.17. The number of pyridine rings is 1. The summed E-state index contributed by atoms with van der Waals surface area (Å²) >= 11 is 0. The van der Waals surface area contributed by atoms with Gasteiger partial charge in [0.05, 0.1) is 30.6 Å². The number of morpholine rings is 1. The van der Waals surface area contributed by atoms with Gasteiger partial charge < -0.3 is 14.6 Å². The summed E-state index contributed by atoms with van der Waals surface area (Å²) in [5, 5.41) is 8.30. The molecule has 172 valence electrons. The van der Waals surface area contributed by atoms with Crippen molar-refractivity contribution in [1.82, 2.24) is 34.0 Å². The van der Waals surface area contributed by atoms with E-state index >= 15 is 0 Å². The smallest absolute Gasteiger partial charge is 0.241 e. The van der Waals surface area contributed by atoms with E-state index in [2.05, 4.69) is 26.3 Å². The first kappa shape index (κ1) is 20.6. The van der Waals surface area contributed by atoms with Crippen LogP contribution in [0.3, 0.4) is 0 Å². The quantitative estimate of drug-likeness (QED) is 0.516. The molecule has 1 saturated heterocycles. The molecule has 4 aromatic heterocycles. The summed E-state index contributed by atoms with van der Waals surface area (Å²) in [4.78, 5) is 16.6. The topological polar surface area (TPSA) is 85.4 Å². The van der Waals surface area contributed by atoms with Crippen molar-refractivity contribution in [3.05, 3.63) is 36.4 Å². The van der Waals surface area contributed by atoms with E-state index in [0.29, 0.717) is 18.0 Å². The highest BCUT2D eigenvalue weighted by Gasteiger charge is 2.27. The van der Waals surface area contributed by atoms with Crippen molar-refractivity contribution in [3.63, 3.8) is 0 Å². The van der Waals surface area contributed by atoms with Crippen LogP contribution in [0.4, 0.5) is 5.95 Å². The van der Waals surface area contributed by atoms with E-state index in [0.717, 1.165) is 72.9 Å². The summed E-state index contributed by atoms with van der Waals surface area (Å²) < 4.78 is 9.41. The molecule has 0 atom stereocenters. The van der Waals surface area contributed by atoms with Gasteiger partial charge in [-0.15, -0.1) is 5.10 Å². The minimum absolute atomic E-state index is 0.423. The standard InChI is InChI=1S/C24H30N8O/c1-16-26-21-8-7-20(28-23(21)30(16)2)19-9-10-32-22(19)15-25-24(29-32)27-17-3-5-18(6-4-17)31-11-13-33-14-12-31/h7-10,15,17-18H,3-6,11-14H2,1-2H3,(H,27,29). The Morgan fingerprint density at radius 3 is 2.67 bits per heavy atom. The molecular formula is C24H30N8O. The predicted octanol–water partition coefficient (Wildman–Crippen LogP) is 3.04. The van der Waals surface area contributed by atoms with E-state index in [-0.39, 0.29) is 0 Å². The molecule has 2 fully saturated rings. The van der Waals surface area contributed by atoms with Gasteiger partial charge in [0, 0.05) is 44.0 Å². The molecule has 0 amide bonds. The number of nitrogens with zero attached hydrogens (tertiary/aromatic N) is 7. The fourth-order valence-corrected chi connectivity index (χ4v) is 5.22. The van der Waals surface area contributed by atoms with Gasteiger partial charge in [-0.05, 0) is 50.8 Å². The normalized spacial score (nSPS) is 22.2. The van der Waals surface area contributed by atoms with Gasteiger partial charge in [0.1, 0.15) is 11.3 Å². The first-order valence-electron chi connectivity index (χ1n) is 11.9. The second-order valence-corrected chi connectivity index (χ2v) is 9.20. The fraction of sp³-hybridized carbons (Fsp3) is 0.500. The molecule has 33 heavy (non-hydrogen) atoms. The summed E-state index contributed by atoms with van der Waals surface area (Å²) in [7, 11) is 1.99. The molecule has 0 aromatic carbocycles. The highest BCUT2D eigenvalue weighted by Crippen LogP contribution is 2.28. The summed E-state index contributed by atoms with van der Waals surface area (Å²) in [6, 6.07) is 7.21. The van der Waals surface area contributed by atoms with Crippen LogP contribution in [0, 0.1) is 6.92 Å². The number of anilines is 1. The minimum Gasteiger partial charge on any atom is -0.379 e. The second kappa shape index (κ2) is 8.39. The fourth-order valence-electron chi connectivity index (χ4n) is 5.22. The molecule has 0 unspecified atom stereocenters. The van der Waals surface area contributed by atoms with E-state index in [1.807, 2.05) is 47.6 Å². The predicted molar refractivity (Wildman–Crippen MR) is 127 cm³/mol. The first-order valence-corrected chi connectivity index (χ1v) is 11.9. The van der Waals surface area contributed by atoms with E-state index in [1.165, 1.54) is 12.8 Å². The van der Waals surface area contributed by atoms with Crippen LogP contribution in [0.25, 0.3) is 27.9 Å². The summed E-state index contributed by atoms with van der Waals surface area (Å²) in [5.74, 6) is 1.64. The van der Waals surface area contributed by atoms with Gasteiger partial charge in [-0.25, -0.2) is 19.5 Å². The molecule has 0 radical (unpaired) electrons. The average molecular weight is 447 g/mol. The Labute approximate surface area is 192 Å². The van der Waals surface area contributed by atoms with Crippen LogP contribution >= 0.6 is 0 Å². The molecule has 4 aromatic rings. The average Bonchev–Trinajstić information content (AvgIpc) is 3.40. The number of aryl methyl sites for hydroxylation is 2. The number of hydrogen-bond acceptors (Lipinski definition) is 7. The molecule has 1 saturated carbocycles. The molecule has 1 N–H and O–H groups in total. The molecule has 5 heterocycles. The van der Waals surface area contributed by atoms with E-state index in [1.54, 1.807) is 0 Å². The zero-order valence-corrected chi connectivity index (χ0v) is 19.2. The van der Waals surface area contributed by atoms with E-state index in [9.17, 15) is 0 Å². The van der Waals surface area contributed by atoms with Crippen molar-refractivity contribution >= 4 is 22.6 Å². The molecule has 0 bridgehead atoms. The first-order chi connectivity index (χ1) is 16.2. The molecule has 0 spiro atoms. The molecule has 9 heteroatoms. The number of fused-ring (bicyclic) bond motifs is 2. The molecule has 9 nitrogen and oxygen atoms in total. The lowest BCUT2D eigenvalue weighted by Gasteiger charge is -2.38. The monoisotopic (exact) mass is 446 g/mol. The third kappa shape index (κ3) is 3.85. The van der Waals surface area contributed by atoms with Crippen molar-refractivity contribution in [2.24, 2.45) is 7.05 Å². The SMILES string of the molecule is Cc1nc2ccc(-c3ccn4nc(NC5CCC(N6CCOCC6)CC5)ncc34)nc2n1C. The molecule has 1 aliphatic carbocycles. The maximum Gasteiger partial charge on any atom is 0.241 e. The lowest BCUT2D eigenvalue weighted by Crippen LogP contribution is -2.46. The zero-order valence-electron chi connectivity index (χ0n) is 19.2. The van der Waals surface area contributed by atoms with Crippen LogP contribution in [0.5, 0.6) is 0 Å². The van der Waals surface area contributed by atoms with Crippen LogP contribution in [-0.2, 0) is 11.8 Å². The van der Waals surface area contributed by atoms with Gasteiger partial charge in [-0.2, -0.15) is 0 Å². The maximum absolute atomic E-state index is 5.50. The lowest BCUT2D eigenvalue weighted by molar-refractivity contribution is 0.00790. The number of ether oxygens (including phenoxy) is 1. The van der Waals surface area contributed by atoms with Crippen molar-refractivity contribution in [2.45, 2.75) is 44.7 Å². The Hall–Kier alpha value is -3.04. The van der Waals surface area contributed by atoms with E-state index < -0.39 is 0 Å². The van der Waals surface area contributed by atoms with Crippen molar-refractivity contribution in [2.75, 3.05) is 31.6 Å². The maximum atomic E-state index is 5.50.